The average molecular weight is 294 g/mol. The van der Waals surface area contributed by atoms with Gasteiger partial charge in [-0.15, -0.1) is 0 Å². The van der Waals surface area contributed by atoms with Crippen LogP contribution in [0.4, 0.5) is 0 Å². The zero-order chi connectivity index (χ0) is 15.7. The highest BCUT2D eigenvalue weighted by atomic mass is 16.5. The van der Waals surface area contributed by atoms with Gasteiger partial charge in [-0.3, -0.25) is 4.79 Å². The van der Waals surface area contributed by atoms with Gasteiger partial charge in [-0.1, -0.05) is 18.2 Å². The zero-order valence-electron chi connectivity index (χ0n) is 12.9. The maximum Gasteiger partial charge on any atom is 0.237 e. The molecule has 5 heteroatoms. The van der Waals surface area contributed by atoms with Crippen LogP contribution in [0, 0.1) is 0 Å². The summed E-state index contributed by atoms with van der Waals surface area (Å²) in [4.78, 5) is 11.4. The molecule has 0 radical (unpaired) electrons. The second-order valence-electron chi connectivity index (χ2n) is 5.33. The van der Waals surface area contributed by atoms with E-state index in [-0.39, 0.29) is 12.5 Å². The van der Waals surface area contributed by atoms with Crippen molar-refractivity contribution in [1.29, 1.82) is 0 Å². The first-order chi connectivity index (χ1) is 10.0. The van der Waals surface area contributed by atoms with E-state index >= 15 is 0 Å². The van der Waals surface area contributed by atoms with Crippen LogP contribution < -0.4 is 15.8 Å². The summed E-state index contributed by atoms with van der Waals surface area (Å²) in [6.07, 6.45) is 2.97. The SMILES string of the molecule is CNC(C)(CCCCOc1ccccc1CCO)C(N)=O. The molecule has 1 unspecified atom stereocenters. The summed E-state index contributed by atoms with van der Waals surface area (Å²) in [6.45, 7) is 2.51. The quantitative estimate of drug-likeness (QED) is 0.567. The predicted molar refractivity (Wildman–Crippen MR) is 83.2 cm³/mol. The molecule has 1 aromatic rings. The van der Waals surface area contributed by atoms with Crippen molar-refractivity contribution in [3.63, 3.8) is 0 Å². The van der Waals surface area contributed by atoms with Crippen LogP contribution in [0.5, 0.6) is 5.75 Å². The summed E-state index contributed by atoms with van der Waals surface area (Å²) in [5.41, 5.74) is 5.74. The van der Waals surface area contributed by atoms with E-state index in [1.54, 1.807) is 7.05 Å². The van der Waals surface area contributed by atoms with Gasteiger partial charge < -0.3 is 20.9 Å². The standard InChI is InChI=1S/C16H26N2O3/c1-16(18-2,15(17)20)10-5-6-12-21-14-8-4-3-7-13(14)9-11-19/h3-4,7-8,18-19H,5-6,9-12H2,1-2H3,(H2,17,20). The van der Waals surface area contributed by atoms with Crippen molar-refractivity contribution < 1.29 is 14.6 Å². The van der Waals surface area contributed by atoms with Gasteiger partial charge in [-0.2, -0.15) is 0 Å². The molecule has 0 heterocycles. The molecule has 0 fully saturated rings. The van der Waals surface area contributed by atoms with E-state index in [1.807, 2.05) is 31.2 Å². The minimum atomic E-state index is -0.658. The van der Waals surface area contributed by atoms with Crippen LogP contribution in [0.1, 0.15) is 31.7 Å². The zero-order valence-corrected chi connectivity index (χ0v) is 12.9. The summed E-state index contributed by atoms with van der Waals surface area (Å²) >= 11 is 0. The number of aliphatic hydroxyl groups excluding tert-OH is 1. The molecule has 5 nitrogen and oxygen atoms in total. The number of ether oxygens (including phenoxy) is 1. The molecule has 0 spiro atoms. The van der Waals surface area contributed by atoms with E-state index in [0.29, 0.717) is 19.4 Å². The third-order valence-electron chi connectivity index (χ3n) is 3.78. The lowest BCUT2D eigenvalue weighted by atomic mass is 9.94. The Morgan fingerprint density at radius 1 is 1.38 bits per heavy atom. The highest BCUT2D eigenvalue weighted by Crippen LogP contribution is 2.19. The summed E-state index contributed by atoms with van der Waals surface area (Å²) in [7, 11) is 1.74. The number of rotatable bonds is 10. The number of nitrogens with two attached hydrogens (primary N) is 1. The maximum absolute atomic E-state index is 11.4. The predicted octanol–water partition coefficient (Wildman–Crippen LogP) is 1.23. The number of hydrogen-bond donors (Lipinski definition) is 3. The summed E-state index contributed by atoms with van der Waals surface area (Å²) in [6, 6.07) is 7.72. The van der Waals surface area contributed by atoms with Gasteiger partial charge in [0.15, 0.2) is 0 Å². The summed E-state index contributed by atoms with van der Waals surface area (Å²) in [5, 5.41) is 12.0. The first kappa shape index (κ1) is 17.5. The molecule has 0 aromatic heterocycles. The van der Waals surface area contributed by atoms with Crippen LogP contribution in [0.2, 0.25) is 0 Å². The lowest BCUT2D eigenvalue weighted by molar-refractivity contribution is -0.123. The highest BCUT2D eigenvalue weighted by molar-refractivity contribution is 5.84. The minimum Gasteiger partial charge on any atom is -0.493 e. The second kappa shape index (κ2) is 8.64. The number of para-hydroxylation sites is 1. The van der Waals surface area contributed by atoms with Crippen molar-refractivity contribution in [2.24, 2.45) is 5.73 Å². The van der Waals surface area contributed by atoms with Gasteiger partial charge in [0.2, 0.25) is 5.91 Å². The summed E-state index contributed by atoms with van der Waals surface area (Å²) < 4.78 is 5.75. The Bertz CT molecular complexity index is 451. The molecule has 0 aliphatic heterocycles. The van der Waals surface area contributed by atoms with Crippen LogP contribution in [-0.2, 0) is 11.2 Å². The van der Waals surface area contributed by atoms with E-state index in [4.69, 9.17) is 15.6 Å². The van der Waals surface area contributed by atoms with Crippen LogP contribution in [0.15, 0.2) is 24.3 Å². The maximum atomic E-state index is 11.4. The molecule has 1 atom stereocenters. The number of unbranched alkanes of at least 4 members (excludes halogenated alkanes) is 1. The smallest absolute Gasteiger partial charge is 0.237 e. The van der Waals surface area contributed by atoms with Crippen LogP contribution in [0.25, 0.3) is 0 Å². The number of primary amides is 1. The van der Waals surface area contributed by atoms with Crippen molar-refractivity contribution in [1.82, 2.24) is 5.32 Å². The first-order valence-electron chi connectivity index (χ1n) is 7.34. The van der Waals surface area contributed by atoms with Crippen LogP contribution in [0.3, 0.4) is 0 Å². The number of amides is 1. The topological polar surface area (TPSA) is 84.6 Å². The van der Waals surface area contributed by atoms with Crippen molar-refractivity contribution in [3.05, 3.63) is 29.8 Å². The molecular weight excluding hydrogens is 268 g/mol. The van der Waals surface area contributed by atoms with Crippen molar-refractivity contribution in [2.75, 3.05) is 20.3 Å². The normalized spacial score (nSPS) is 13.7. The Morgan fingerprint density at radius 3 is 2.71 bits per heavy atom. The van der Waals surface area contributed by atoms with E-state index in [1.165, 1.54) is 0 Å². The largest absolute Gasteiger partial charge is 0.493 e. The fourth-order valence-corrected chi connectivity index (χ4v) is 2.11. The fraction of sp³-hybridized carbons (Fsp3) is 0.562. The van der Waals surface area contributed by atoms with Gasteiger partial charge >= 0.3 is 0 Å². The molecule has 4 N–H and O–H groups in total. The molecule has 1 amide bonds. The number of carbonyl (C=O) groups excluding carboxylic acids is 1. The number of nitrogens with one attached hydrogen (secondary N) is 1. The Balaban J connectivity index is 2.36. The minimum absolute atomic E-state index is 0.111. The number of hydrogen-bond acceptors (Lipinski definition) is 4. The fourth-order valence-electron chi connectivity index (χ4n) is 2.11. The molecule has 118 valence electrons. The molecule has 0 saturated carbocycles. The monoisotopic (exact) mass is 294 g/mol. The molecule has 21 heavy (non-hydrogen) atoms. The van der Waals surface area contributed by atoms with E-state index in [0.717, 1.165) is 24.2 Å². The molecule has 0 bridgehead atoms. The lowest BCUT2D eigenvalue weighted by Gasteiger charge is -2.25. The lowest BCUT2D eigenvalue weighted by Crippen LogP contribution is -2.51. The Labute approximate surface area is 126 Å². The first-order valence-corrected chi connectivity index (χ1v) is 7.34. The molecule has 0 saturated heterocycles. The van der Waals surface area contributed by atoms with E-state index in [9.17, 15) is 4.79 Å². The van der Waals surface area contributed by atoms with Gasteiger partial charge in [0.05, 0.1) is 12.1 Å². The van der Waals surface area contributed by atoms with Gasteiger partial charge in [0.25, 0.3) is 0 Å². The van der Waals surface area contributed by atoms with Crippen molar-refractivity contribution in [2.45, 2.75) is 38.1 Å². The third-order valence-corrected chi connectivity index (χ3v) is 3.78. The van der Waals surface area contributed by atoms with Crippen molar-refractivity contribution in [3.8, 4) is 5.75 Å². The number of likely N-dealkylation sites (N-methyl/N-ethyl adjacent to an activating group) is 1. The second-order valence-corrected chi connectivity index (χ2v) is 5.33. The Morgan fingerprint density at radius 2 is 2.10 bits per heavy atom. The van der Waals surface area contributed by atoms with Gasteiger partial charge in [0.1, 0.15) is 5.75 Å². The molecular formula is C16H26N2O3. The van der Waals surface area contributed by atoms with E-state index in [2.05, 4.69) is 5.32 Å². The average Bonchev–Trinajstić information content (AvgIpc) is 2.48. The third kappa shape index (κ3) is 5.36. The molecule has 1 rings (SSSR count). The molecule has 1 aromatic carbocycles. The van der Waals surface area contributed by atoms with Gasteiger partial charge in [-0.05, 0) is 51.3 Å². The van der Waals surface area contributed by atoms with Gasteiger partial charge in [-0.25, -0.2) is 0 Å². The molecule has 0 aliphatic rings. The summed E-state index contributed by atoms with van der Waals surface area (Å²) in [5.74, 6) is 0.483. The number of benzene rings is 1. The van der Waals surface area contributed by atoms with Crippen LogP contribution >= 0.6 is 0 Å². The van der Waals surface area contributed by atoms with Crippen molar-refractivity contribution >= 4 is 5.91 Å². The van der Waals surface area contributed by atoms with E-state index < -0.39 is 5.54 Å². The van der Waals surface area contributed by atoms with Crippen LogP contribution in [-0.4, -0.2) is 36.8 Å². The number of aliphatic hydroxyl groups is 1. The highest BCUT2D eigenvalue weighted by Gasteiger charge is 2.27. The van der Waals surface area contributed by atoms with Gasteiger partial charge in [0, 0.05) is 6.61 Å². The Kier molecular flexibility index (Phi) is 7.19. The number of carbonyl (C=O) groups is 1. The molecule has 0 aliphatic carbocycles. The Hall–Kier alpha value is -1.59.